The summed E-state index contributed by atoms with van der Waals surface area (Å²) in [5, 5.41) is 8.69. The van der Waals surface area contributed by atoms with E-state index >= 15 is 0 Å². The molecule has 0 radical (unpaired) electrons. The third-order valence-corrected chi connectivity index (χ3v) is 6.54. The van der Waals surface area contributed by atoms with Gasteiger partial charge in [-0.3, -0.25) is 0 Å². The lowest BCUT2D eigenvalue weighted by atomic mass is 10.1. The van der Waals surface area contributed by atoms with Crippen LogP contribution in [0.1, 0.15) is 50.7 Å². The molecule has 2 aromatic rings. The minimum atomic E-state index is -3.51. The highest BCUT2D eigenvalue weighted by molar-refractivity contribution is 7.89. The molecule has 0 unspecified atom stereocenters. The highest BCUT2D eigenvalue weighted by Crippen LogP contribution is 2.39. The highest BCUT2D eigenvalue weighted by atomic mass is 32.2. The molecule has 1 fully saturated rings. The Hall–Kier alpha value is -2.00. The average molecular weight is 391 g/mol. The van der Waals surface area contributed by atoms with Gasteiger partial charge in [-0.1, -0.05) is 13.8 Å². The smallest absolute Gasteiger partial charge is 0.242 e. The van der Waals surface area contributed by atoms with E-state index in [0.29, 0.717) is 24.9 Å². The molecule has 8 nitrogen and oxygen atoms in total. The summed E-state index contributed by atoms with van der Waals surface area (Å²) in [4.78, 5) is 6.70. The fraction of sp³-hybridized carbons (Fsp3) is 0.611. The first-order valence-corrected chi connectivity index (χ1v) is 11.0. The Morgan fingerprint density at radius 1 is 1.22 bits per heavy atom. The van der Waals surface area contributed by atoms with Gasteiger partial charge in [0.1, 0.15) is 16.5 Å². The maximum absolute atomic E-state index is 12.4. The molecule has 2 aromatic heterocycles. The molecule has 1 aliphatic carbocycles. The van der Waals surface area contributed by atoms with Crippen molar-refractivity contribution in [1.82, 2.24) is 24.5 Å². The minimum absolute atomic E-state index is 0.200. The van der Waals surface area contributed by atoms with E-state index in [4.69, 9.17) is 0 Å². The third kappa shape index (κ3) is 3.98. The predicted octanol–water partition coefficient (Wildman–Crippen LogP) is 1.90. The number of rotatable bonds is 7. The van der Waals surface area contributed by atoms with Crippen LogP contribution in [0.3, 0.4) is 0 Å². The summed E-state index contributed by atoms with van der Waals surface area (Å²) in [6.07, 6.45) is 4.67. The molecule has 0 bridgehead atoms. The Morgan fingerprint density at radius 3 is 2.70 bits per heavy atom. The number of nitrogens with one attached hydrogen (secondary N) is 1. The van der Waals surface area contributed by atoms with E-state index in [1.165, 1.54) is 19.0 Å². The van der Waals surface area contributed by atoms with Gasteiger partial charge in [0.05, 0.1) is 6.54 Å². The Balaban J connectivity index is 1.43. The zero-order chi connectivity index (χ0) is 19.0. The van der Waals surface area contributed by atoms with E-state index in [1.54, 1.807) is 12.1 Å². The van der Waals surface area contributed by atoms with Crippen LogP contribution < -0.4 is 9.62 Å². The number of anilines is 1. The number of nitrogens with zero attached hydrogens (tertiary/aromatic N) is 5. The lowest BCUT2D eigenvalue weighted by Gasteiger charge is -2.28. The molecule has 1 saturated carbocycles. The van der Waals surface area contributed by atoms with Crippen molar-refractivity contribution in [3.05, 3.63) is 30.0 Å². The predicted molar refractivity (Wildman–Crippen MR) is 102 cm³/mol. The van der Waals surface area contributed by atoms with Crippen LogP contribution in [0.4, 0.5) is 5.82 Å². The van der Waals surface area contributed by atoms with Crippen molar-refractivity contribution >= 4 is 15.8 Å². The molecule has 9 heteroatoms. The van der Waals surface area contributed by atoms with Gasteiger partial charge < -0.3 is 9.47 Å². The van der Waals surface area contributed by atoms with E-state index in [2.05, 4.69) is 43.2 Å². The number of hydrogen-bond acceptors (Lipinski definition) is 6. The molecule has 0 amide bonds. The number of fused-ring (bicyclic) bond motifs is 1. The van der Waals surface area contributed by atoms with Crippen molar-refractivity contribution in [3.63, 3.8) is 0 Å². The zero-order valence-electron chi connectivity index (χ0n) is 15.8. The van der Waals surface area contributed by atoms with Gasteiger partial charge in [0, 0.05) is 31.7 Å². The zero-order valence-corrected chi connectivity index (χ0v) is 16.6. The molecule has 3 heterocycles. The monoisotopic (exact) mass is 390 g/mol. The van der Waals surface area contributed by atoms with Gasteiger partial charge in [-0.2, -0.15) is 0 Å². The maximum atomic E-state index is 12.4. The Kier molecular flexibility index (Phi) is 4.90. The Morgan fingerprint density at radius 2 is 2.04 bits per heavy atom. The van der Waals surface area contributed by atoms with Gasteiger partial charge >= 0.3 is 0 Å². The Labute approximate surface area is 160 Å². The number of aromatic nitrogens is 4. The van der Waals surface area contributed by atoms with Crippen LogP contribution in [-0.2, 0) is 23.1 Å². The lowest BCUT2D eigenvalue weighted by Crippen LogP contribution is -2.35. The van der Waals surface area contributed by atoms with Crippen molar-refractivity contribution in [2.75, 3.05) is 18.0 Å². The molecule has 2 aliphatic rings. The summed E-state index contributed by atoms with van der Waals surface area (Å²) in [6, 6.07) is 3.39. The van der Waals surface area contributed by atoms with Crippen LogP contribution in [0, 0.1) is 5.92 Å². The summed E-state index contributed by atoms with van der Waals surface area (Å²) in [5.74, 6) is 3.88. The summed E-state index contributed by atoms with van der Waals surface area (Å²) in [5.41, 5.74) is 0. The van der Waals surface area contributed by atoms with E-state index in [9.17, 15) is 8.42 Å². The Bertz CT molecular complexity index is 902. The van der Waals surface area contributed by atoms with Crippen LogP contribution in [0.2, 0.25) is 0 Å². The van der Waals surface area contributed by atoms with Crippen molar-refractivity contribution in [2.24, 2.45) is 5.92 Å². The van der Waals surface area contributed by atoms with Crippen LogP contribution in [0.15, 0.2) is 23.2 Å². The topological polar surface area (TPSA) is 93.0 Å². The van der Waals surface area contributed by atoms with Gasteiger partial charge in [-0.15, -0.1) is 10.2 Å². The molecule has 0 spiro atoms. The van der Waals surface area contributed by atoms with Crippen molar-refractivity contribution in [1.29, 1.82) is 0 Å². The van der Waals surface area contributed by atoms with Gasteiger partial charge in [0.25, 0.3) is 0 Å². The van der Waals surface area contributed by atoms with Crippen LogP contribution in [-0.4, -0.2) is 41.3 Å². The fourth-order valence-electron chi connectivity index (χ4n) is 3.30. The normalized spacial score (nSPS) is 17.4. The summed E-state index contributed by atoms with van der Waals surface area (Å²) in [7, 11) is -3.51. The number of pyridine rings is 1. The van der Waals surface area contributed by atoms with Gasteiger partial charge in [0.15, 0.2) is 5.82 Å². The number of hydrogen-bond donors (Lipinski definition) is 1. The third-order valence-electron chi connectivity index (χ3n) is 5.09. The molecular weight excluding hydrogens is 364 g/mol. The first-order valence-electron chi connectivity index (χ1n) is 9.56. The largest absolute Gasteiger partial charge is 0.347 e. The molecule has 146 valence electrons. The van der Waals surface area contributed by atoms with Crippen LogP contribution >= 0.6 is 0 Å². The quantitative estimate of drug-likeness (QED) is 0.776. The highest BCUT2D eigenvalue weighted by Gasteiger charge is 2.32. The minimum Gasteiger partial charge on any atom is -0.347 e. The van der Waals surface area contributed by atoms with Gasteiger partial charge in [-0.05, 0) is 37.3 Å². The molecule has 0 atom stereocenters. The van der Waals surface area contributed by atoms with Crippen molar-refractivity contribution in [3.8, 4) is 0 Å². The van der Waals surface area contributed by atoms with E-state index in [-0.39, 0.29) is 4.90 Å². The SMILES string of the molecule is CC(C)CCNS(=O)(=O)c1ccc(N2CCn3c(nnc3C3CC3)C2)nc1. The molecule has 4 rings (SSSR count). The van der Waals surface area contributed by atoms with Gasteiger partial charge in [0.2, 0.25) is 10.0 Å². The average Bonchev–Trinajstić information content (AvgIpc) is 3.40. The molecule has 0 saturated heterocycles. The molecule has 27 heavy (non-hydrogen) atoms. The molecule has 0 aromatic carbocycles. The first kappa shape index (κ1) is 18.4. The molecular formula is C18H26N6O2S. The molecule has 1 N–H and O–H groups in total. The second kappa shape index (κ2) is 7.20. The van der Waals surface area contributed by atoms with Crippen LogP contribution in [0.25, 0.3) is 0 Å². The maximum Gasteiger partial charge on any atom is 0.242 e. The van der Waals surface area contributed by atoms with Crippen molar-refractivity contribution in [2.45, 2.75) is 57.0 Å². The van der Waals surface area contributed by atoms with Crippen LogP contribution in [0.5, 0.6) is 0 Å². The van der Waals surface area contributed by atoms with E-state index in [1.807, 2.05) is 0 Å². The van der Waals surface area contributed by atoms with E-state index < -0.39 is 10.0 Å². The molecule has 1 aliphatic heterocycles. The standard InChI is InChI=1S/C18H26N6O2S/c1-13(2)7-8-20-27(25,26)15-5-6-16(19-11-15)23-9-10-24-17(12-23)21-22-18(24)14-3-4-14/h5-6,11,13-14,20H,3-4,7-10,12H2,1-2H3. The lowest BCUT2D eigenvalue weighted by molar-refractivity contribution is 0.539. The summed E-state index contributed by atoms with van der Waals surface area (Å²) >= 11 is 0. The van der Waals surface area contributed by atoms with E-state index in [0.717, 1.165) is 37.0 Å². The van der Waals surface area contributed by atoms with Gasteiger partial charge in [-0.25, -0.2) is 18.1 Å². The first-order chi connectivity index (χ1) is 12.9. The summed E-state index contributed by atoms with van der Waals surface area (Å²) in [6.45, 7) is 6.87. The fourth-order valence-corrected chi connectivity index (χ4v) is 4.30. The second-order valence-corrected chi connectivity index (χ2v) is 9.52. The second-order valence-electron chi connectivity index (χ2n) is 7.75. The summed E-state index contributed by atoms with van der Waals surface area (Å²) < 4.78 is 29.6. The van der Waals surface area contributed by atoms with Crippen molar-refractivity contribution < 1.29 is 8.42 Å². The number of sulfonamides is 1.